The number of carboxylic acids is 1. The van der Waals surface area contributed by atoms with Crippen molar-refractivity contribution in [3.63, 3.8) is 0 Å². The molecule has 5 nitrogen and oxygen atoms in total. The lowest BCUT2D eigenvalue weighted by Gasteiger charge is -2.03. The van der Waals surface area contributed by atoms with Gasteiger partial charge < -0.3 is 14.3 Å². The van der Waals surface area contributed by atoms with Crippen molar-refractivity contribution in [2.24, 2.45) is 0 Å². The topological polar surface area (TPSA) is 76.7 Å². The van der Waals surface area contributed by atoms with Gasteiger partial charge in [0.15, 0.2) is 5.58 Å². The summed E-state index contributed by atoms with van der Waals surface area (Å²) in [6.45, 7) is 0. The Morgan fingerprint density at radius 2 is 2.27 bits per heavy atom. The van der Waals surface area contributed by atoms with E-state index in [9.17, 15) is 9.59 Å². The predicted octanol–water partition coefficient (Wildman–Crippen LogP) is 1.56. The zero-order valence-corrected chi connectivity index (χ0v) is 8.46. The van der Waals surface area contributed by atoms with Crippen molar-refractivity contribution in [1.82, 2.24) is 0 Å². The predicted molar refractivity (Wildman–Crippen MR) is 53.9 cm³/mol. The van der Waals surface area contributed by atoms with E-state index in [4.69, 9.17) is 14.3 Å². The van der Waals surface area contributed by atoms with Crippen LogP contribution in [0.4, 0.5) is 0 Å². The minimum Gasteiger partial charge on any atom is -0.496 e. The molecule has 0 aliphatic rings. The Labute approximate surface area is 87.5 Å². The number of hydrogen-bond acceptors (Lipinski definition) is 5. The van der Waals surface area contributed by atoms with Crippen LogP contribution < -0.4 is 9.68 Å². The second kappa shape index (κ2) is 3.39. The molecule has 0 saturated carbocycles. The van der Waals surface area contributed by atoms with Crippen LogP contribution in [0, 0.1) is 0 Å². The molecule has 0 atom stereocenters. The van der Waals surface area contributed by atoms with Gasteiger partial charge in [-0.15, -0.1) is 0 Å². The number of ether oxygens (including phenoxy) is 1. The van der Waals surface area contributed by atoms with Crippen molar-refractivity contribution in [2.75, 3.05) is 7.11 Å². The molecule has 2 aromatic rings. The molecule has 1 aromatic carbocycles. The molecule has 0 bridgehead atoms. The van der Waals surface area contributed by atoms with Crippen LogP contribution >= 0.6 is 11.3 Å². The molecule has 0 unspecified atom stereocenters. The fourth-order valence-corrected chi connectivity index (χ4v) is 2.09. The first-order chi connectivity index (χ1) is 7.13. The second-order valence-electron chi connectivity index (χ2n) is 2.73. The monoisotopic (exact) mass is 226 g/mol. The normalized spacial score (nSPS) is 10.5. The van der Waals surface area contributed by atoms with E-state index in [-0.39, 0.29) is 16.9 Å². The molecule has 2 rings (SSSR count). The molecule has 1 N–H and O–H groups in total. The number of hydrogen-bond donors (Lipinski definition) is 1. The third kappa shape index (κ3) is 1.48. The molecule has 0 amide bonds. The zero-order valence-electron chi connectivity index (χ0n) is 7.64. The average Bonchev–Trinajstić information content (AvgIpc) is 2.55. The first kappa shape index (κ1) is 9.72. The van der Waals surface area contributed by atoms with Gasteiger partial charge in [-0.1, -0.05) is 11.3 Å². The van der Waals surface area contributed by atoms with E-state index in [0.29, 0.717) is 4.70 Å². The van der Waals surface area contributed by atoms with Crippen LogP contribution in [0.5, 0.6) is 5.75 Å². The summed E-state index contributed by atoms with van der Waals surface area (Å²) in [5.41, 5.74) is 0.231. The SMILES string of the molecule is COc1ccc2oc(=O)sc2c1C(=O)O. The molecular weight excluding hydrogens is 220 g/mol. The van der Waals surface area contributed by atoms with Crippen LogP contribution in [0.2, 0.25) is 0 Å². The summed E-state index contributed by atoms with van der Waals surface area (Å²) in [5, 5.41) is 8.99. The molecule has 0 aliphatic carbocycles. The number of benzene rings is 1. The summed E-state index contributed by atoms with van der Waals surface area (Å²) in [4.78, 5) is 21.4. The highest BCUT2D eigenvalue weighted by molar-refractivity contribution is 7.16. The van der Waals surface area contributed by atoms with Gasteiger partial charge in [0.25, 0.3) is 0 Å². The Balaban J connectivity index is 2.89. The molecule has 0 radical (unpaired) electrons. The Bertz CT molecular complexity index is 580. The molecule has 1 heterocycles. The van der Waals surface area contributed by atoms with Gasteiger partial charge in [-0.05, 0) is 12.1 Å². The molecule has 0 aliphatic heterocycles. The average molecular weight is 226 g/mol. The third-order valence-corrected chi connectivity index (χ3v) is 2.76. The van der Waals surface area contributed by atoms with E-state index in [1.54, 1.807) is 0 Å². The van der Waals surface area contributed by atoms with Crippen LogP contribution in [-0.4, -0.2) is 18.2 Å². The van der Waals surface area contributed by atoms with Crippen molar-refractivity contribution in [1.29, 1.82) is 0 Å². The third-order valence-electron chi connectivity index (χ3n) is 1.90. The molecule has 15 heavy (non-hydrogen) atoms. The number of aromatic carboxylic acids is 1. The fraction of sp³-hybridized carbons (Fsp3) is 0.111. The van der Waals surface area contributed by atoms with E-state index in [1.165, 1.54) is 19.2 Å². The van der Waals surface area contributed by atoms with E-state index in [2.05, 4.69) is 0 Å². The minimum atomic E-state index is -1.14. The minimum absolute atomic E-state index is 0.0362. The summed E-state index contributed by atoms with van der Waals surface area (Å²) >= 11 is 0.754. The van der Waals surface area contributed by atoms with E-state index >= 15 is 0 Å². The lowest BCUT2D eigenvalue weighted by molar-refractivity contribution is 0.0696. The van der Waals surface area contributed by atoms with Gasteiger partial charge in [-0.25, -0.2) is 9.59 Å². The summed E-state index contributed by atoms with van der Waals surface area (Å²) in [6.07, 6.45) is 0. The molecule has 1 aromatic heterocycles. The van der Waals surface area contributed by atoms with Crippen molar-refractivity contribution >= 4 is 27.6 Å². The Morgan fingerprint density at radius 3 is 2.87 bits per heavy atom. The van der Waals surface area contributed by atoms with Crippen LogP contribution in [0.1, 0.15) is 10.4 Å². The van der Waals surface area contributed by atoms with E-state index in [0.717, 1.165) is 11.3 Å². The second-order valence-corrected chi connectivity index (χ2v) is 3.68. The van der Waals surface area contributed by atoms with Gasteiger partial charge in [0.1, 0.15) is 11.3 Å². The van der Waals surface area contributed by atoms with Gasteiger partial charge in [-0.2, -0.15) is 0 Å². The summed E-state index contributed by atoms with van der Waals surface area (Å²) in [5.74, 6) is -0.929. The van der Waals surface area contributed by atoms with Crippen molar-refractivity contribution in [2.45, 2.75) is 0 Å². The maximum Gasteiger partial charge on any atom is 0.396 e. The van der Waals surface area contributed by atoms with Gasteiger partial charge in [0.05, 0.1) is 11.8 Å². The summed E-state index contributed by atoms with van der Waals surface area (Å²) in [6, 6.07) is 2.97. The number of carbonyl (C=O) groups is 1. The van der Waals surface area contributed by atoms with Gasteiger partial charge in [0, 0.05) is 0 Å². The molecule has 6 heteroatoms. The highest BCUT2D eigenvalue weighted by Crippen LogP contribution is 2.29. The van der Waals surface area contributed by atoms with Gasteiger partial charge in [-0.3, -0.25) is 0 Å². The summed E-state index contributed by atoms with van der Waals surface area (Å²) in [7, 11) is 1.37. The van der Waals surface area contributed by atoms with E-state index in [1.807, 2.05) is 0 Å². The zero-order chi connectivity index (χ0) is 11.0. The number of carboxylic acid groups (broad SMARTS) is 1. The van der Waals surface area contributed by atoms with Crippen LogP contribution in [-0.2, 0) is 0 Å². The van der Waals surface area contributed by atoms with Crippen LogP contribution in [0.3, 0.4) is 0 Å². The van der Waals surface area contributed by atoms with Gasteiger partial charge >= 0.3 is 10.9 Å². The Morgan fingerprint density at radius 1 is 1.53 bits per heavy atom. The highest BCUT2D eigenvalue weighted by atomic mass is 32.1. The summed E-state index contributed by atoms with van der Waals surface area (Å²) < 4.78 is 10.0. The molecule has 78 valence electrons. The number of methoxy groups -OCH3 is 1. The molecular formula is C9H6O5S. The van der Waals surface area contributed by atoms with Gasteiger partial charge in [0.2, 0.25) is 0 Å². The van der Waals surface area contributed by atoms with Crippen molar-refractivity contribution in [3.8, 4) is 5.75 Å². The maximum atomic E-state index is 11.0. The lowest BCUT2D eigenvalue weighted by atomic mass is 10.2. The largest absolute Gasteiger partial charge is 0.496 e. The van der Waals surface area contributed by atoms with E-state index < -0.39 is 10.9 Å². The van der Waals surface area contributed by atoms with Crippen molar-refractivity contribution in [3.05, 3.63) is 27.4 Å². The highest BCUT2D eigenvalue weighted by Gasteiger charge is 2.18. The quantitative estimate of drug-likeness (QED) is 0.840. The van der Waals surface area contributed by atoms with Crippen LogP contribution in [0.15, 0.2) is 21.3 Å². The molecule has 0 spiro atoms. The smallest absolute Gasteiger partial charge is 0.396 e. The van der Waals surface area contributed by atoms with Crippen LogP contribution in [0.25, 0.3) is 10.3 Å². The lowest BCUT2D eigenvalue weighted by Crippen LogP contribution is -2.00. The van der Waals surface area contributed by atoms with Crippen molar-refractivity contribution < 1.29 is 19.1 Å². The standard InChI is InChI=1S/C9H6O5S/c1-13-4-2-3-5-7(6(4)8(10)11)15-9(12)14-5/h2-3H,1H3,(H,10,11). The Hall–Kier alpha value is -1.82. The maximum absolute atomic E-state index is 11.0. The first-order valence-electron chi connectivity index (χ1n) is 3.97. The Kier molecular flexibility index (Phi) is 2.20. The molecule has 0 fully saturated rings. The fourth-order valence-electron chi connectivity index (χ4n) is 1.29. The molecule has 0 saturated heterocycles. The number of fused-ring (bicyclic) bond motifs is 1. The first-order valence-corrected chi connectivity index (χ1v) is 4.79. The number of rotatable bonds is 2.